The fourth-order valence-electron chi connectivity index (χ4n) is 2.59. The Hall–Kier alpha value is -2.90. The van der Waals surface area contributed by atoms with Crippen LogP contribution < -0.4 is 5.32 Å². The summed E-state index contributed by atoms with van der Waals surface area (Å²) < 4.78 is 0. The highest BCUT2D eigenvalue weighted by Crippen LogP contribution is 2.35. The molecule has 0 radical (unpaired) electrons. The van der Waals surface area contributed by atoms with Crippen LogP contribution in [0.25, 0.3) is 0 Å². The van der Waals surface area contributed by atoms with E-state index in [2.05, 4.69) is 42.9 Å². The molecule has 1 N–H and O–H groups in total. The summed E-state index contributed by atoms with van der Waals surface area (Å²) >= 11 is 1.52. The fraction of sp³-hybridized carbons (Fsp3) is 0.217. The molecule has 0 saturated carbocycles. The van der Waals surface area contributed by atoms with E-state index in [4.69, 9.17) is 0 Å². The molecule has 0 saturated heterocycles. The minimum absolute atomic E-state index is 0.0948. The summed E-state index contributed by atoms with van der Waals surface area (Å²) in [6.07, 6.45) is 1.78. The number of amides is 1. The van der Waals surface area contributed by atoms with Crippen molar-refractivity contribution in [2.24, 2.45) is 5.41 Å². The van der Waals surface area contributed by atoms with Gasteiger partial charge in [0.15, 0.2) is 0 Å². The largest absolute Gasteiger partial charge is 0.342 e. The van der Waals surface area contributed by atoms with Gasteiger partial charge in [0.2, 0.25) is 0 Å². The van der Waals surface area contributed by atoms with E-state index in [1.165, 1.54) is 11.3 Å². The van der Waals surface area contributed by atoms with Crippen LogP contribution in [-0.4, -0.2) is 10.9 Å². The number of carbonyl (C=O) groups is 1. The van der Waals surface area contributed by atoms with Crippen molar-refractivity contribution in [2.45, 2.75) is 26.8 Å². The summed E-state index contributed by atoms with van der Waals surface area (Å²) in [4.78, 5) is 18.1. The van der Waals surface area contributed by atoms with Gasteiger partial charge in [-0.05, 0) is 35.6 Å². The Bertz CT molecular complexity index is 960. The SMILES string of the molecule is CC(C)(C)C(NC(=O)c1ccccc1)c1ncc(C#Cc2ccccc2)s1. The van der Waals surface area contributed by atoms with Crippen LogP contribution in [0.1, 0.15) is 52.6 Å². The lowest BCUT2D eigenvalue weighted by Crippen LogP contribution is -2.36. The maximum atomic E-state index is 12.6. The van der Waals surface area contributed by atoms with Crippen LogP contribution in [0.15, 0.2) is 66.9 Å². The molecule has 1 atom stereocenters. The lowest BCUT2D eigenvalue weighted by Gasteiger charge is -2.29. The van der Waals surface area contributed by atoms with Gasteiger partial charge < -0.3 is 5.32 Å². The van der Waals surface area contributed by atoms with Crippen LogP contribution in [0.3, 0.4) is 0 Å². The molecule has 1 heterocycles. The molecule has 3 nitrogen and oxygen atoms in total. The zero-order valence-electron chi connectivity index (χ0n) is 15.7. The first-order valence-electron chi connectivity index (χ1n) is 8.82. The second-order valence-electron chi connectivity index (χ2n) is 7.32. The van der Waals surface area contributed by atoms with Crippen molar-refractivity contribution in [3.8, 4) is 11.8 Å². The number of nitrogens with zero attached hydrogens (tertiary/aromatic N) is 1. The van der Waals surface area contributed by atoms with E-state index in [1.807, 2.05) is 60.7 Å². The molecule has 0 fully saturated rings. The molecule has 2 aromatic carbocycles. The quantitative estimate of drug-likeness (QED) is 0.651. The summed E-state index contributed by atoms with van der Waals surface area (Å²) in [5, 5.41) is 4.00. The third-order valence-electron chi connectivity index (χ3n) is 4.05. The minimum atomic E-state index is -0.192. The fourth-order valence-corrected chi connectivity index (χ4v) is 3.66. The minimum Gasteiger partial charge on any atom is -0.342 e. The Morgan fingerprint density at radius 2 is 1.63 bits per heavy atom. The summed E-state index contributed by atoms with van der Waals surface area (Å²) in [5.41, 5.74) is 1.44. The van der Waals surface area contributed by atoms with Crippen molar-refractivity contribution in [2.75, 3.05) is 0 Å². The normalized spacial score (nSPS) is 12.0. The number of nitrogens with one attached hydrogen (secondary N) is 1. The van der Waals surface area contributed by atoms with Crippen LogP contribution in [0, 0.1) is 17.3 Å². The van der Waals surface area contributed by atoms with E-state index < -0.39 is 0 Å². The maximum absolute atomic E-state index is 12.6. The number of aromatic nitrogens is 1. The first-order valence-corrected chi connectivity index (χ1v) is 9.64. The first kappa shape index (κ1) is 18.9. The highest BCUT2D eigenvalue weighted by molar-refractivity contribution is 7.12. The zero-order valence-corrected chi connectivity index (χ0v) is 16.5. The molecule has 27 heavy (non-hydrogen) atoms. The van der Waals surface area contributed by atoms with Gasteiger partial charge in [0.05, 0.1) is 17.1 Å². The molecule has 0 aliphatic carbocycles. The van der Waals surface area contributed by atoms with Crippen LogP contribution in [0.2, 0.25) is 0 Å². The Morgan fingerprint density at radius 3 is 2.26 bits per heavy atom. The van der Waals surface area contributed by atoms with Gasteiger partial charge in [0, 0.05) is 11.1 Å². The average molecular weight is 375 g/mol. The van der Waals surface area contributed by atoms with Crippen LogP contribution in [-0.2, 0) is 0 Å². The van der Waals surface area contributed by atoms with Gasteiger partial charge in [-0.1, -0.05) is 63.1 Å². The van der Waals surface area contributed by atoms with Crippen molar-refractivity contribution in [1.82, 2.24) is 10.3 Å². The monoisotopic (exact) mass is 374 g/mol. The van der Waals surface area contributed by atoms with E-state index in [0.717, 1.165) is 15.4 Å². The molecule has 3 aromatic rings. The summed E-state index contributed by atoms with van der Waals surface area (Å²) in [7, 11) is 0. The van der Waals surface area contributed by atoms with Crippen LogP contribution >= 0.6 is 11.3 Å². The maximum Gasteiger partial charge on any atom is 0.251 e. The van der Waals surface area contributed by atoms with Crippen molar-refractivity contribution < 1.29 is 4.79 Å². The molecule has 1 aromatic heterocycles. The topological polar surface area (TPSA) is 42.0 Å². The second kappa shape index (κ2) is 8.20. The molecule has 0 aliphatic rings. The molecule has 0 aliphatic heterocycles. The number of rotatable bonds is 3. The molecular weight excluding hydrogens is 352 g/mol. The van der Waals surface area contributed by atoms with Gasteiger partial charge in [-0.15, -0.1) is 11.3 Å². The number of thiazole rings is 1. The lowest BCUT2D eigenvalue weighted by molar-refractivity contribution is 0.0901. The van der Waals surface area contributed by atoms with Crippen molar-refractivity contribution >= 4 is 17.2 Å². The smallest absolute Gasteiger partial charge is 0.251 e. The molecule has 0 bridgehead atoms. The third-order valence-corrected chi connectivity index (χ3v) is 5.03. The summed E-state index contributed by atoms with van der Waals surface area (Å²) in [6.45, 7) is 6.29. The van der Waals surface area contributed by atoms with Crippen molar-refractivity contribution in [1.29, 1.82) is 0 Å². The summed E-state index contributed by atoms with van der Waals surface area (Å²) in [6, 6.07) is 18.9. The van der Waals surface area contributed by atoms with Crippen LogP contribution in [0.5, 0.6) is 0 Å². The van der Waals surface area contributed by atoms with Crippen molar-refractivity contribution in [3.05, 3.63) is 87.9 Å². The van der Waals surface area contributed by atoms with E-state index in [-0.39, 0.29) is 17.4 Å². The number of hydrogen-bond donors (Lipinski definition) is 1. The highest BCUT2D eigenvalue weighted by Gasteiger charge is 2.30. The Kier molecular flexibility index (Phi) is 5.73. The van der Waals surface area contributed by atoms with Gasteiger partial charge in [-0.25, -0.2) is 4.98 Å². The van der Waals surface area contributed by atoms with E-state index >= 15 is 0 Å². The standard InChI is InChI=1S/C23H22N2OS/c1-23(2,3)20(25-21(26)18-12-8-5-9-13-18)22-24-16-19(27-22)15-14-17-10-6-4-7-11-17/h4-13,16,20H,1-3H3,(H,25,26). The van der Waals surface area contributed by atoms with E-state index in [1.54, 1.807) is 6.20 Å². The van der Waals surface area contributed by atoms with Gasteiger partial charge in [0.1, 0.15) is 5.01 Å². The predicted molar refractivity (Wildman–Crippen MR) is 111 cm³/mol. The highest BCUT2D eigenvalue weighted by atomic mass is 32.1. The Balaban J connectivity index is 1.82. The molecule has 1 amide bonds. The van der Waals surface area contributed by atoms with Gasteiger partial charge in [-0.3, -0.25) is 4.79 Å². The van der Waals surface area contributed by atoms with E-state index in [0.29, 0.717) is 5.56 Å². The third kappa shape index (κ3) is 5.06. The van der Waals surface area contributed by atoms with Crippen LogP contribution in [0.4, 0.5) is 0 Å². The second-order valence-corrected chi connectivity index (χ2v) is 8.38. The lowest BCUT2D eigenvalue weighted by atomic mass is 9.87. The van der Waals surface area contributed by atoms with Crippen molar-refractivity contribution in [3.63, 3.8) is 0 Å². The number of carbonyl (C=O) groups excluding carboxylic acids is 1. The Morgan fingerprint density at radius 1 is 1.00 bits per heavy atom. The Labute approximate surface area is 164 Å². The number of benzene rings is 2. The molecule has 3 rings (SSSR count). The molecular formula is C23H22N2OS. The van der Waals surface area contributed by atoms with Gasteiger partial charge in [-0.2, -0.15) is 0 Å². The summed E-state index contributed by atoms with van der Waals surface area (Å²) in [5.74, 6) is 6.22. The predicted octanol–water partition coefficient (Wildman–Crippen LogP) is 5.06. The average Bonchev–Trinajstić information content (AvgIpc) is 3.13. The molecule has 136 valence electrons. The number of hydrogen-bond acceptors (Lipinski definition) is 3. The molecule has 1 unspecified atom stereocenters. The van der Waals surface area contributed by atoms with E-state index in [9.17, 15) is 4.79 Å². The van der Waals surface area contributed by atoms with Gasteiger partial charge in [0.25, 0.3) is 5.91 Å². The first-order chi connectivity index (χ1) is 12.9. The molecule has 4 heteroatoms. The zero-order chi connectivity index (χ0) is 19.3. The molecule has 0 spiro atoms. The van der Waals surface area contributed by atoms with Gasteiger partial charge >= 0.3 is 0 Å².